The Morgan fingerprint density at radius 1 is 0.603 bits per heavy atom. The molecule has 0 bridgehead atoms. The Hall–Kier alpha value is -0.900. The summed E-state index contributed by atoms with van der Waals surface area (Å²) in [7, 11) is 13.1. The highest BCUT2D eigenvalue weighted by Gasteiger charge is 2.69. The van der Waals surface area contributed by atoms with Crippen molar-refractivity contribution in [3.8, 4) is 0 Å². The highest BCUT2D eigenvalue weighted by Crippen LogP contribution is 2.70. The molecule has 9 aliphatic rings. The van der Waals surface area contributed by atoms with E-state index in [0.29, 0.717) is 35.5 Å². The second kappa shape index (κ2) is 21.1. The van der Waals surface area contributed by atoms with Crippen molar-refractivity contribution in [2.45, 2.75) is 196 Å². The molecule has 0 aromatic carbocycles. The summed E-state index contributed by atoms with van der Waals surface area (Å²) in [5.41, 5.74) is 1.87. The van der Waals surface area contributed by atoms with Gasteiger partial charge >= 0.3 is 0 Å². The van der Waals surface area contributed by atoms with Crippen LogP contribution >= 0.6 is 0 Å². The van der Waals surface area contributed by atoms with Crippen molar-refractivity contribution >= 4 is 0 Å². The molecule has 0 aromatic heterocycles. The van der Waals surface area contributed by atoms with Gasteiger partial charge in [0.1, 0.15) is 61.0 Å². The highest BCUT2D eigenvalue weighted by molar-refractivity contribution is 5.26. The van der Waals surface area contributed by atoms with Gasteiger partial charge in [-0.05, 0) is 98.7 Å². The second-order valence-electron chi connectivity index (χ2n) is 22.4. The molecular weight excluding hydrogens is 881 g/mol. The molecule has 68 heavy (non-hydrogen) atoms. The summed E-state index contributed by atoms with van der Waals surface area (Å²) in [4.78, 5) is 0. The van der Waals surface area contributed by atoms with Gasteiger partial charge in [-0.1, -0.05) is 39.3 Å². The SMILES string of the molecule is COC[C@@H]1O[C@@H](O[C@H]2[C@H](OC)[C@@H](O[C@@H]3O[C@@H](C)[C@H](OC)[C@@H](OC)[C@H]3OC)[C@H](O[C@H]3CC[C@@]4(C)C(=CC[C@H]5[C@@H]6C[C@@H]7O[C@]8(CC[C@@H](C)CO8)[C@@H](C)[C@@H]7[C@@]6(C)CC[C@@H]54)C3)O[C@@H]2COC)[C@H](OC)[C@@H]1OC. The lowest BCUT2D eigenvalue weighted by Crippen LogP contribution is -2.66. The molecule has 9 rings (SSSR count). The molecule has 8 fully saturated rings. The summed E-state index contributed by atoms with van der Waals surface area (Å²) < 4.78 is 102. The van der Waals surface area contributed by atoms with E-state index >= 15 is 0 Å². The lowest BCUT2D eigenvalue weighted by Gasteiger charge is -2.59. The summed E-state index contributed by atoms with van der Waals surface area (Å²) in [5.74, 6) is 3.07. The molecule has 16 nitrogen and oxygen atoms in total. The van der Waals surface area contributed by atoms with Crippen molar-refractivity contribution in [1.82, 2.24) is 0 Å². The Kier molecular flexibility index (Phi) is 16.2. The number of hydrogen-bond donors (Lipinski definition) is 0. The molecule has 5 aliphatic heterocycles. The fourth-order valence-electron chi connectivity index (χ4n) is 15.7. The first-order chi connectivity index (χ1) is 32.8. The number of fused-ring (bicyclic) bond motifs is 7. The summed E-state index contributed by atoms with van der Waals surface area (Å²) in [6.07, 6.45) is 3.37. The van der Waals surface area contributed by atoms with Gasteiger partial charge in [0.25, 0.3) is 0 Å². The smallest absolute Gasteiger partial charge is 0.187 e. The van der Waals surface area contributed by atoms with Crippen LogP contribution in [0.1, 0.15) is 92.4 Å². The Labute approximate surface area is 405 Å². The normalized spacial score (nSPS) is 52.3. The fourth-order valence-corrected chi connectivity index (χ4v) is 15.7. The van der Waals surface area contributed by atoms with Crippen molar-refractivity contribution in [2.75, 3.05) is 76.7 Å². The zero-order valence-corrected chi connectivity index (χ0v) is 43.3. The predicted octanol–water partition coefficient (Wildman–Crippen LogP) is 6.09. The van der Waals surface area contributed by atoms with Crippen LogP contribution < -0.4 is 0 Å². The minimum absolute atomic E-state index is 0.0960. The quantitative estimate of drug-likeness (QED) is 0.164. The summed E-state index contributed by atoms with van der Waals surface area (Å²) >= 11 is 0. The molecule has 0 aromatic rings. The number of methoxy groups -OCH3 is 8. The van der Waals surface area contributed by atoms with Crippen LogP contribution in [-0.4, -0.2) is 181 Å². The maximum absolute atomic E-state index is 7.22. The van der Waals surface area contributed by atoms with E-state index in [4.69, 9.17) is 75.8 Å². The van der Waals surface area contributed by atoms with E-state index in [2.05, 4.69) is 33.8 Å². The van der Waals surface area contributed by atoms with Gasteiger partial charge in [0, 0.05) is 69.2 Å². The zero-order valence-electron chi connectivity index (χ0n) is 43.3. The van der Waals surface area contributed by atoms with Crippen LogP contribution in [-0.2, 0) is 75.8 Å². The van der Waals surface area contributed by atoms with Gasteiger partial charge in [-0.2, -0.15) is 0 Å². The highest BCUT2D eigenvalue weighted by atomic mass is 16.8. The third kappa shape index (κ3) is 8.93. The standard InChI is InChI=1S/C52H86O16/c1-27-16-21-52(61-24-27)28(2)38-35(68-52)23-34-32-15-14-30-22-31(17-19-50(30,4)33(32)18-20-51(34,38)5)63-49-46(67-47-45(60-13)42(57-10)39(55-8)29(3)62-47)43(58-11)41(37(65-49)26-54-7)66-48-44(59-12)40(56-9)36(64-48)25-53-6/h14,27-29,31-49H,15-26H2,1-13H3/t27-,28+,29+,31+,32-,33+,34+,35+,36+,37-,38+,39+,40-,41-,42-,43+,44-,45-,46-,47+,48+,49-,50+,51+,52-/m1/s1. The Morgan fingerprint density at radius 3 is 1.84 bits per heavy atom. The van der Waals surface area contributed by atoms with Crippen LogP contribution in [0.4, 0.5) is 0 Å². The van der Waals surface area contributed by atoms with E-state index in [0.717, 1.165) is 45.1 Å². The molecule has 5 heterocycles. The summed E-state index contributed by atoms with van der Waals surface area (Å²) in [5, 5.41) is 0. The van der Waals surface area contributed by atoms with Crippen molar-refractivity contribution in [1.29, 1.82) is 0 Å². The van der Waals surface area contributed by atoms with E-state index in [1.807, 2.05) is 6.92 Å². The van der Waals surface area contributed by atoms with Gasteiger partial charge in [0.05, 0.1) is 38.1 Å². The molecule has 0 N–H and O–H groups in total. The average molecular weight is 967 g/mol. The molecule has 390 valence electrons. The third-order valence-corrected chi connectivity index (χ3v) is 19.1. The van der Waals surface area contributed by atoms with Crippen molar-refractivity contribution in [2.24, 2.45) is 46.3 Å². The number of hydrogen-bond acceptors (Lipinski definition) is 16. The van der Waals surface area contributed by atoms with Gasteiger partial charge < -0.3 is 75.8 Å². The Morgan fingerprint density at radius 2 is 1.21 bits per heavy atom. The number of allylic oxidation sites excluding steroid dienone is 1. The molecule has 0 unspecified atom stereocenters. The molecule has 4 aliphatic carbocycles. The fraction of sp³-hybridized carbons (Fsp3) is 0.962. The van der Waals surface area contributed by atoms with Crippen LogP contribution in [0, 0.1) is 46.3 Å². The first-order valence-corrected chi connectivity index (χ1v) is 25.8. The first-order valence-electron chi connectivity index (χ1n) is 25.8. The summed E-state index contributed by atoms with van der Waals surface area (Å²) in [6, 6.07) is 0. The van der Waals surface area contributed by atoms with Crippen LogP contribution in [0.5, 0.6) is 0 Å². The molecule has 0 radical (unpaired) electrons. The monoisotopic (exact) mass is 967 g/mol. The summed E-state index contributed by atoms with van der Waals surface area (Å²) in [6.45, 7) is 13.1. The van der Waals surface area contributed by atoms with Gasteiger partial charge in [-0.3, -0.25) is 0 Å². The van der Waals surface area contributed by atoms with Gasteiger partial charge in [0.2, 0.25) is 0 Å². The van der Waals surface area contributed by atoms with Crippen molar-refractivity contribution < 1.29 is 75.8 Å². The number of ether oxygens (including phenoxy) is 16. The predicted molar refractivity (Wildman–Crippen MR) is 247 cm³/mol. The molecule has 25 atom stereocenters. The minimum Gasteiger partial charge on any atom is -0.382 e. The third-order valence-electron chi connectivity index (χ3n) is 19.1. The molecule has 1 spiro atoms. The van der Waals surface area contributed by atoms with Crippen molar-refractivity contribution in [3.63, 3.8) is 0 Å². The van der Waals surface area contributed by atoms with Crippen LogP contribution in [0.15, 0.2) is 11.6 Å². The average Bonchev–Trinajstić information content (AvgIpc) is 3.92. The first kappa shape index (κ1) is 52.0. The number of rotatable bonds is 16. The lowest BCUT2D eigenvalue weighted by atomic mass is 9.47. The van der Waals surface area contributed by atoms with E-state index in [1.54, 1.807) is 56.9 Å². The topological polar surface area (TPSA) is 148 Å². The van der Waals surface area contributed by atoms with Crippen LogP contribution in [0.25, 0.3) is 0 Å². The minimum atomic E-state index is -0.903. The van der Waals surface area contributed by atoms with E-state index in [9.17, 15) is 0 Å². The Balaban J connectivity index is 0.956. The molecular formula is C52H86O16. The molecule has 0 amide bonds. The van der Waals surface area contributed by atoms with Gasteiger partial charge in [-0.25, -0.2) is 0 Å². The van der Waals surface area contributed by atoms with Gasteiger partial charge in [0.15, 0.2) is 24.7 Å². The van der Waals surface area contributed by atoms with Gasteiger partial charge in [-0.15, -0.1) is 0 Å². The van der Waals surface area contributed by atoms with Crippen molar-refractivity contribution in [3.05, 3.63) is 11.6 Å². The zero-order chi connectivity index (χ0) is 48.3. The Bertz CT molecular complexity index is 1700. The second-order valence-corrected chi connectivity index (χ2v) is 22.4. The largest absolute Gasteiger partial charge is 0.382 e. The maximum Gasteiger partial charge on any atom is 0.187 e. The van der Waals surface area contributed by atoms with Crippen LogP contribution in [0.3, 0.4) is 0 Å². The van der Waals surface area contributed by atoms with E-state index in [-0.39, 0.29) is 42.4 Å². The van der Waals surface area contributed by atoms with E-state index in [1.165, 1.54) is 24.8 Å². The molecule has 3 saturated carbocycles. The maximum atomic E-state index is 7.22. The van der Waals surface area contributed by atoms with Crippen LogP contribution in [0.2, 0.25) is 0 Å². The lowest BCUT2D eigenvalue weighted by molar-refractivity contribution is -0.384. The molecule has 5 saturated heterocycles. The van der Waals surface area contributed by atoms with E-state index < -0.39 is 85.7 Å². The molecule has 16 heteroatoms.